The summed E-state index contributed by atoms with van der Waals surface area (Å²) in [4.78, 5) is 12.9. The van der Waals surface area contributed by atoms with Gasteiger partial charge >= 0.3 is 0 Å². The molecule has 0 aliphatic heterocycles. The van der Waals surface area contributed by atoms with E-state index in [0.717, 1.165) is 14.9 Å². The summed E-state index contributed by atoms with van der Waals surface area (Å²) >= 11 is 2.80. The van der Waals surface area contributed by atoms with Crippen LogP contribution in [0, 0.1) is 0 Å². The second-order valence-corrected chi connectivity index (χ2v) is 10.9. The zero-order chi connectivity index (χ0) is 20.9. The van der Waals surface area contributed by atoms with E-state index in [0.29, 0.717) is 21.8 Å². The molecule has 0 unspecified atom stereocenters. The van der Waals surface area contributed by atoms with Crippen LogP contribution in [0.2, 0.25) is 0 Å². The summed E-state index contributed by atoms with van der Waals surface area (Å²) < 4.78 is 32.0. The second-order valence-electron chi connectivity index (χ2n) is 6.21. The molecule has 0 radical (unpaired) electrons. The van der Waals surface area contributed by atoms with E-state index in [-0.39, 0.29) is 6.42 Å². The van der Waals surface area contributed by atoms with Crippen LogP contribution in [0.1, 0.15) is 27.2 Å². The zero-order valence-electron chi connectivity index (χ0n) is 16.4. The van der Waals surface area contributed by atoms with Crippen LogP contribution in [0.25, 0.3) is 0 Å². The van der Waals surface area contributed by atoms with Crippen molar-refractivity contribution in [1.82, 2.24) is 10.2 Å². The molecule has 1 atom stereocenters. The number of hydrogen-bond donors (Lipinski definition) is 1. The number of methoxy groups -OCH3 is 1. The van der Waals surface area contributed by atoms with E-state index < -0.39 is 22.0 Å². The minimum absolute atomic E-state index is 0.280. The Bertz CT molecular complexity index is 915. The van der Waals surface area contributed by atoms with Crippen LogP contribution < -0.4 is 14.4 Å². The smallest absolute Gasteiger partial charge is 0.250 e. The average Bonchev–Trinajstić information content (AvgIpc) is 3.04. The maximum absolute atomic E-state index is 12.9. The Labute approximate surface area is 173 Å². The highest BCUT2D eigenvalue weighted by atomic mass is 32.2. The summed E-state index contributed by atoms with van der Waals surface area (Å²) in [6.45, 7) is 5.83. The number of carbonyl (C=O) groups is 1. The van der Waals surface area contributed by atoms with E-state index in [1.165, 1.54) is 18.4 Å². The van der Waals surface area contributed by atoms with E-state index in [2.05, 4.69) is 15.5 Å². The van der Waals surface area contributed by atoms with Crippen LogP contribution in [0.15, 0.2) is 28.6 Å². The zero-order valence-corrected chi connectivity index (χ0v) is 18.8. The van der Waals surface area contributed by atoms with Gasteiger partial charge in [-0.15, -0.1) is 10.2 Å². The van der Waals surface area contributed by atoms with Crippen LogP contribution in [0.4, 0.5) is 10.8 Å². The summed E-state index contributed by atoms with van der Waals surface area (Å²) in [5.41, 5.74) is 0.358. The summed E-state index contributed by atoms with van der Waals surface area (Å²) in [5, 5.41) is 11.4. The van der Waals surface area contributed by atoms with Gasteiger partial charge in [0.15, 0.2) is 4.34 Å². The fourth-order valence-electron chi connectivity index (χ4n) is 2.51. The molecule has 2 aromatic rings. The minimum atomic E-state index is -3.72. The van der Waals surface area contributed by atoms with E-state index >= 15 is 0 Å². The van der Waals surface area contributed by atoms with Crippen molar-refractivity contribution in [3.05, 3.63) is 24.3 Å². The largest absolute Gasteiger partial charge is 0.497 e. The van der Waals surface area contributed by atoms with Crippen molar-refractivity contribution in [3.63, 3.8) is 0 Å². The summed E-state index contributed by atoms with van der Waals surface area (Å²) in [6, 6.07) is 5.66. The molecular weight excluding hydrogens is 420 g/mol. The van der Waals surface area contributed by atoms with Crippen molar-refractivity contribution >= 4 is 49.8 Å². The molecule has 8 nitrogen and oxygen atoms in total. The predicted octanol–water partition coefficient (Wildman–Crippen LogP) is 3.23. The number of nitrogens with one attached hydrogen (secondary N) is 1. The van der Waals surface area contributed by atoms with Crippen molar-refractivity contribution < 1.29 is 17.9 Å². The van der Waals surface area contributed by atoms with Crippen LogP contribution in [0.5, 0.6) is 5.75 Å². The number of thioether (sulfide) groups is 1. The van der Waals surface area contributed by atoms with Gasteiger partial charge in [-0.2, -0.15) is 0 Å². The minimum Gasteiger partial charge on any atom is -0.497 e. The van der Waals surface area contributed by atoms with E-state index in [4.69, 9.17) is 4.74 Å². The Morgan fingerprint density at radius 1 is 1.36 bits per heavy atom. The quantitative estimate of drug-likeness (QED) is 0.468. The van der Waals surface area contributed by atoms with Crippen molar-refractivity contribution in [1.29, 1.82) is 0 Å². The molecule has 1 heterocycles. The molecule has 0 aliphatic rings. The summed E-state index contributed by atoms with van der Waals surface area (Å²) in [7, 11) is -2.23. The molecule has 0 saturated carbocycles. The topological polar surface area (TPSA) is 101 Å². The van der Waals surface area contributed by atoms with Gasteiger partial charge in [-0.3, -0.25) is 14.4 Å². The van der Waals surface area contributed by atoms with Crippen LogP contribution in [-0.4, -0.2) is 49.2 Å². The van der Waals surface area contributed by atoms with Gasteiger partial charge in [0.2, 0.25) is 21.1 Å². The number of amides is 1. The fourth-order valence-corrected chi connectivity index (χ4v) is 5.69. The third-order valence-electron chi connectivity index (χ3n) is 3.61. The molecule has 0 spiro atoms. The average molecular weight is 445 g/mol. The molecule has 0 aliphatic carbocycles. The Balaban J connectivity index is 2.30. The molecule has 0 bridgehead atoms. The number of aromatic nitrogens is 2. The number of ether oxygens (including phenoxy) is 1. The molecule has 1 N–H and O–H groups in total. The molecule has 2 rings (SSSR count). The summed E-state index contributed by atoms with van der Waals surface area (Å²) in [5.74, 6) is 0.0360. The van der Waals surface area contributed by atoms with Gasteiger partial charge in [0.25, 0.3) is 0 Å². The molecule has 0 fully saturated rings. The molecule has 1 amide bonds. The number of sulfonamides is 1. The second kappa shape index (κ2) is 9.57. The van der Waals surface area contributed by atoms with E-state index in [9.17, 15) is 13.2 Å². The van der Waals surface area contributed by atoms with Gasteiger partial charge in [-0.25, -0.2) is 8.42 Å². The third kappa shape index (κ3) is 5.82. The van der Waals surface area contributed by atoms with Gasteiger partial charge in [-0.1, -0.05) is 49.9 Å². The first-order valence-corrected chi connectivity index (χ1v) is 12.1. The van der Waals surface area contributed by atoms with Gasteiger partial charge in [0, 0.05) is 11.3 Å². The van der Waals surface area contributed by atoms with E-state index in [1.54, 1.807) is 43.0 Å². The van der Waals surface area contributed by atoms with Crippen molar-refractivity contribution in [2.75, 3.05) is 23.0 Å². The Morgan fingerprint density at radius 3 is 2.64 bits per heavy atom. The normalized spacial score (nSPS) is 12.6. The standard InChI is InChI=1S/C17H24N4O4S3/c1-6-14(15(22)18-16-19-20-17(27-16)26-11(2)3)21(28(5,23)24)12-8-7-9-13(10-12)25-4/h7-11,14H,6H2,1-5H3,(H,18,19,22)/t14-/m0/s1. The number of rotatable bonds is 9. The number of anilines is 2. The Hall–Kier alpha value is -1.85. The lowest BCUT2D eigenvalue weighted by Crippen LogP contribution is -2.47. The van der Waals surface area contributed by atoms with Gasteiger partial charge in [0.05, 0.1) is 19.1 Å². The molecule has 11 heteroatoms. The van der Waals surface area contributed by atoms with Crippen LogP contribution in [0.3, 0.4) is 0 Å². The van der Waals surface area contributed by atoms with Crippen LogP contribution >= 0.6 is 23.1 Å². The maximum Gasteiger partial charge on any atom is 0.250 e. The Morgan fingerprint density at radius 2 is 2.07 bits per heavy atom. The third-order valence-corrected chi connectivity index (χ3v) is 6.72. The number of hydrogen-bond acceptors (Lipinski definition) is 8. The molecule has 1 aromatic heterocycles. The lowest BCUT2D eigenvalue weighted by Gasteiger charge is -2.29. The van der Waals surface area contributed by atoms with Gasteiger partial charge in [0.1, 0.15) is 11.8 Å². The lowest BCUT2D eigenvalue weighted by atomic mass is 10.2. The molecular formula is C17H24N4O4S3. The van der Waals surface area contributed by atoms with Gasteiger partial charge < -0.3 is 4.74 Å². The SMILES string of the molecule is CC[C@@H](C(=O)Nc1nnc(SC(C)C)s1)N(c1cccc(OC)c1)S(C)(=O)=O. The monoisotopic (exact) mass is 444 g/mol. The highest BCUT2D eigenvalue weighted by molar-refractivity contribution is 8.01. The van der Waals surface area contributed by atoms with Crippen molar-refractivity contribution in [3.8, 4) is 5.75 Å². The highest BCUT2D eigenvalue weighted by Crippen LogP contribution is 2.30. The van der Waals surface area contributed by atoms with Crippen molar-refractivity contribution in [2.24, 2.45) is 0 Å². The number of carbonyl (C=O) groups excluding carboxylic acids is 1. The highest BCUT2D eigenvalue weighted by Gasteiger charge is 2.32. The molecule has 154 valence electrons. The van der Waals surface area contributed by atoms with Crippen molar-refractivity contribution in [2.45, 2.75) is 42.8 Å². The Kier molecular flexibility index (Phi) is 7.67. The number of benzene rings is 1. The molecule has 1 aromatic carbocycles. The first kappa shape index (κ1) is 22.4. The fraction of sp³-hybridized carbons (Fsp3) is 0.471. The molecule has 0 saturated heterocycles. The number of nitrogens with zero attached hydrogens (tertiary/aromatic N) is 3. The first-order valence-electron chi connectivity index (χ1n) is 8.60. The van der Waals surface area contributed by atoms with Gasteiger partial charge in [-0.05, 0) is 18.6 Å². The lowest BCUT2D eigenvalue weighted by molar-refractivity contribution is -0.117. The molecule has 28 heavy (non-hydrogen) atoms. The predicted molar refractivity (Wildman–Crippen MR) is 114 cm³/mol. The first-order chi connectivity index (χ1) is 13.2. The van der Waals surface area contributed by atoms with E-state index in [1.807, 2.05) is 13.8 Å². The summed E-state index contributed by atoms with van der Waals surface area (Å²) in [6.07, 6.45) is 1.35. The maximum atomic E-state index is 12.9. The van der Waals surface area contributed by atoms with Crippen LogP contribution in [-0.2, 0) is 14.8 Å².